The Hall–Kier alpha value is -1.12. The first-order valence-electron chi connectivity index (χ1n) is 7.51. The Morgan fingerprint density at radius 3 is 2.53 bits per heavy atom. The number of nitrogens with zero attached hydrogens (tertiary/aromatic N) is 1. The van der Waals surface area contributed by atoms with Crippen LogP contribution in [0.5, 0.6) is 0 Å². The summed E-state index contributed by atoms with van der Waals surface area (Å²) in [6, 6.07) is 10.6. The van der Waals surface area contributed by atoms with Crippen molar-refractivity contribution in [1.29, 1.82) is 0 Å². The molecule has 1 unspecified atom stereocenters. The van der Waals surface area contributed by atoms with Crippen LogP contribution in [0.3, 0.4) is 0 Å². The van der Waals surface area contributed by atoms with Crippen molar-refractivity contribution in [1.82, 2.24) is 4.90 Å². The van der Waals surface area contributed by atoms with Crippen LogP contribution in [0.25, 0.3) is 0 Å². The molecule has 104 valence electrons. The zero-order chi connectivity index (χ0) is 13.3. The molecule has 0 saturated carbocycles. The first-order valence-corrected chi connectivity index (χ1v) is 7.51. The minimum Gasteiger partial charge on any atom is -0.330 e. The summed E-state index contributed by atoms with van der Waals surface area (Å²) >= 11 is 0. The number of benzene rings is 1. The van der Waals surface area contributed by atoms with Gasteiger partial charge in [0.05, 0.1) is 0 Å². The highest BCUT2D eigenvalue weighted by Crippen LogP contribution is 2.11. The van der Waals surface area contributed by atoms with E-state index in [0.717, 1.165) is 19.5 Å². The summed E-state index contributed by atoms with van der Waals surface area (Å²) in [6.07, 6.45) is 9.69. The smallest absolute Gasteiger partial charge is 0.00565 e. The minimum atomic E-state index is 0.502. The fourth-order valence-corrected chi connectivity index (χ4v) is 2.70. The fourth-order valence-electron chi connectivity index (χ4n) is 2.70. The van der Waals surface area contributed by atoms with E-state index in [9.17, 15) is 0 Å². The maximum atomic E-state index is 5.89. The van der Waals surface area contributed by atoms with E-state index >= 15 is 0 Å². The van der Waals surface area contributed by atoms with E-state index in [1.807, 2.05) is 0 Å². The monoisotopic (exact) mass is 258 g/mol. The molecule has 1 aromatic rings. The van der Waals surface area contributed by atoms with Gasteiger partial charge in [-0.2, -0.15) is 0 Å². The standard InChI is InChI=1S/C17H26N2/c18-14-17(15-19-12-5-2-6-13-19)11-7-10-16-8-3-1-4-9-16/h1,3-4,7-9,11,17H,2,5-6,10,12-15,18H2/b11-7+. The molecule has 1 aliphatic rings. The molecule has 2 rings (SSSR count). The average molecular weight is 258 g/mol. The van der Waals surface area contributed by atoms with E-state index in [4.69, 9.17) is 5.73 Å². The maximum absolute atomic E-state index is 5.89. The molecule has 1 aliphatic heterocycles. The van der Waals surface area contributed by atoms with Crippen molar-refractivity contribution in [2.45, 2.75) is 25.7 Å². The Morgan fingerprint density at radius 1 is 1.11 bits per heavy atom. The molecule has 0 amide bonds. The van der Waals surface area contributed by atoms with Crippen molar-refractivity contribution in [2.24, 2.45) is 11.7 Å². The Labute approximate surface area is 117 Å². The molecule has 19 heavy (non-hydrogen) atoms. The molecule has 0 aliphatic carbocycles. The number of nitrogens with two attached hydrogens (primary N) is 1. The average Bonchev–Trinajstić information content (AvgIpc) is 2.48. The zero-order valence-electron chi connectivity index (χ0n) is 11.8. The second kappa shape index (κ2) is 8.13. The van der Waals surface area contributed by atoms with Gasteiger partial charge in [-0.05, 0) is 44.5 Å². The van der Waals surface area contributed by atoms with E-state index in [0.29, 0.717) is 5.92 Å². The topological polar surface area (TPSA) is 29.3 Å². The second-order valence-electron chi connectivity index (χ2n) is 5.47. The van der Waals surface area contributed by atoms with Crippen molar-refractivity contribution in [3.63, 3.8) is 0 Å². The number of likely N-dealkylation sites (tertiary alicyclic amines) is 1. The van der Waals surface area contributed by atoms with Gasteiger partial charge in [0.15, 0.2) is 0 Å². The first kappa shape index (κ1) is 14.3. The number of allylic oxidation sites excluding steroid dienone is 1. The SMILES string of the molecule is NCC(/C=C/Cc1ccccc1)CN1CCCCC1. The van der Waals surface area contributed by atoms with Gasteiger partial charge in [-0.15, -0.1) is 0 Å². The van der Waals surface area contributed by atoms with Crippen LogP contribution in [0.15, 0.2) is 42.5 Å². The van der Waals surface area contributed by atoms with Crippen LogP contribution < -0.4 is 5.73 Å². The van der Waals surface area contributed by atoms with Crippen LogP contribution >= 0.6 is 0 Å². The molecular formula is C17H26N2. The van der Waals surface area contributed by atoms with Crippen LogP contribution in [-0.4, -0.2) is 31.1 Å². The predicted octanol–water partition coefficient (Wildman–Crippen LogP) is 2.85. The second-order valence-corrected chi connectivity index (χ2v) is 5.47. The summed E-state index contributed by atoms with van der Waals surface area (Å²) in [6.45, 7) is 4.38. The van der Waals surface area contributed by atoms with Crippen molar-refractivity contribution in [2.75, 3.05) is 26.2 Å². The molecule has 0 radical (unpaired) electrons. The van der Waals surface area contributed by atoms with E-state index in [1.165, 1.54) is 37.9 Å². The third-order valence-electron chi connectivity index (χ3n) is 3.85. The largest absolute Gasteiger partial charge is 0.330 e. The molecule has 2 heteroatoms. The number of hydrogen-bond acceptors (Lipinski definition) is 2. The highest BCUT2D eigenvalue weighted by molar-refractivity contribution is 5.17. The van der Waals surface area contributed by atoms with Crippen LogP contribution in [0.2, 0.25) is 0 Å². The Balaban J connectivity index is 1.77. The fraction of sp³-hybridized carbons (Fsp3) is 0.529. The summed E-state index contributed by atoms with van der Waals surface area (Å²) in [5, 5.41) is 0. The summed E-state index contributed by atoms with van der Waals surface area (Å²) in [7, 11) is 0. The van der Waals surface area contributed by atoms with E-state index < -0.39 is 0 Å². The minimum absolute atomic E-state index is 0.502. The molecule has 1 fully saturated rings. The zero-order valence-corrected chi connectivity index (χ0v) is 11.8. The Bertz CT molecular complexity index is 366. The lowest BCUT2D eigenvalue weighted by molar-refractivity contribution is 0.210. The van der Waals surface area contributed by atoms with Crippen molar-refractivity contribution >= 4 is 0 Å². The number of rotatable bonds is 6. The molecule has 0 aromatic heterocycles. The van der Waals surface area contributed by atoms with Gasteiger partial charge in [-0.3, -0.25) is 0 Å². The molecule has 1 aromatic carbocycles. The molecule has 2 nitrogen and oxygen atoms in total. The highest BCUT2D eigenvalue weighted by Gasteiger charge is 2.13. The molecule has 2 N–H and O–H groups in total. The molecule has 0 bridgehead atoms. The van der Waals surface area contributed by atoms with E-state index in [1.54, 1.807) is 0 Å². The van der Waals surface area contributed by atoms with Crippen molar-refractivity contribution in [3.8, 4) is 0 Å². The predicted molar refractivity (Wildman–Crippen MR) is 82.1 cm³/mol. The normalized spacial score (nSPS) is 18.8. The third-order valence-corrected chi connectivity index (χ3v) is 3.85. The van der Waals surface area contributed by atoms with Crippen LogP contribution in [0.1, 0.15) is 24.8 Å². The number of hydrogen-bond donors (Lipinski definition) is 1. The maximum Gasteiger partial charge on any atom is 0.00565 e. The van der Waals surface area contributed by atoms with Gasteiger partial charge in [0, 0.05) is 12.5 Å². The van der Waals surface area contributed by atoms with Gasteiger partial charge < -0.3 is 10.6 Å². The van der Waals surface area contributed by atoms with Crippen molar-refractivity contribution in [3.05, 3.63) is 48.0 Å². The third kappa shape index (κ3) is 5.17. The Morgan fingerprint density at radius 2 is 1.84 bits per heavy atom. The number of piperidine rings is 1. The summed E-state index contributed by atoms with van der Waals surface area (Å²) in [5.41, 5.74) is 7.26. The molecule has 1 heterocycles. The van der Waals surface area contributed by atoms with Gasteiger partial charge in [0.25, 0.3) is 0 Å². The highest BCUT2D eigenvalue weighted by atomic mass is 15.1. The van der Waals surface area contributed by atoms with E-state index in [2.05, 4.69) is 47.4 Å². The lowest BCUT2D eigenvalue weighted by Crippen LogP contribution is -2.35. The van der Waals surface area contributed by atoms with Gasteiger partial charge in [0.2, 0.25) is 0 Å². The summed E-state index contributed by atoms with van der Waals surface area (Å²) in [4.78, 5) is 2.56. The van der Waals surface area contributed by atoms with Gasteiger partial charge in [0.1, 0.15) is 0 Å². The van der Waals surface area contributed by atoms with Gasteiger partial charge in [-0.1, -0.05) is 48.9 Å². The first-order chi connectivity index (χ1) is 9.38. The molecule has 0 spiro atoms. The molecule has 1 saturated heterocycles. The molecule has 1 atom stereocenters. The van der Waals surface area contributed by atoms with Gasteiger partial charge in [-0.25, -0.2) is 0 Å². The Kier molecular flexibility index (Phi) is 6.12. The molecular weight excluding hydrogens is 232 g/mol. The lowest BCUT2D eigenvalue weighted by Gasteiger charge is -2.28. The van der Waals surface area contributed by atoms with Crippen molar-refractivity contribution < 1.29 is 0 Å². The summed E-state index contributed by atoms with van der Waals surface area (Å²) in [5.74, 6) is 0.502. The quantitative estimate of drug-likeness (QED) is 0.795. The van der Waals surface area contributed by atoms with Crippen LogP contribution in [-0.2, 0) is 6.42 Å². The van der Waals surface area contributed by atoms with E-state index in [-0.39, 0.29) is 0 Å². The van der Waals surface area contributed by atoms with Crippen LogP contribution in [0, 0.1) is 5.92 Å². The lowest BCUT2D eigenvalue weighted by atomic mass is 10.0. The summed E-state index contributed by atoms with van der Waals surface area (Å²) < 4.78 is 0. The van der Waals surface area contributed by atoms with Gasteiger partial charge >= 0.3 is 0 Å². The van der Waals surface area contributed by atoms with Crippen LogP contribution in [0.4, 0.5) is 0 Å².